The van der Waals surface area contributed by atoms with E-state index in [9.17, 15) is 14.9 Å². The van der Waals surface area contributed by atoms with E-state index < -0.39 is 5.91 Å². The van der Waals surface area contributed by atoms with Gasteiger partial charge in [-0.15, -0.1) is 0 Å². The maximum absolute atomic E-state index is 12.9. The van der Waals surface area contributed by atoms with Crippen LogP contribution in [0.25, 0.3) is 16.9 Å². The lowest BCUT2D eigenvalue weighted by atomic mass is 10.0. The van der Waals surface area contributed by atoms with E-state index in [4.69, 9.17) is 16.0 Å². The molecule has 2 amide bonds. The van der Waals surface area contributed by atoms with Crippen LogP contribution in [0.15, 0.2) is 61.4 Å². The number of anilines is 2. The summed E-state index contributed by atoms with van der Waals surface area (Å²) in [7, 11) is 0. The van der Waals surface area contributed by atoms with Crippen LogP contribution in [0.4, 0.5) is 11.8 Å². The SMILES string of the molecule is C=CC(=O)N1CCC(c2nc(-c3ccc(C(=O)Nc4cc(C#N)ccn4)c(C#N)c3)n3c(N)nccc23)C1. The van der Waals surface area contributed by atoms with Crippen molar-refractivity contribution in [2.24, 2.45) is 0 Å². The van der Waals surface area contributed by atoms with Crippen molar-refractivity contribution in [1.29, 1.82) is 10.5 Å². The number of benzene rings is 1. The molecule has 4 aromatic rings. The molecule has 11 nitrogen and oxygen atoms in total. The highest BCUT2D eigenvalue weighted by atomic mass is 16.2. The lowest BCUT2D eigenvalue weighted by Gasteiger charge is -2.13. The van der Waals surface area contributed by atoms with Crippen LogP contribution in [-0.2, 0) is 4.79 Å². The van der Waals surface area contributed by atoms with Gasteiger partial charge in [0.25, 0.3) is 5.91 Å². The molecule has 11 heteroatoms. The monoisotopic (exact) mass is 503 g/mol. The minimum Gasteiger partial charge on any atom is -0.369 e. The summed E-state index contributed by atoms with van der Waals surface area (Å²) in [5, 5.41) is 21.5. The standard InChI is InChI=1S/C27H21N9O2/c1-2-23(37)35-10-7-18(15-35)24-21-6-9-32-27(30)36(21)25(34-24)17-3-4-20(19(12-17)14-29)26(38)33-22-11-16(13-28)5-8-31-22/h2-6,8-9,11-12,18H,1,7,10,15H2,(H2,30,32)(H,31,33,38). The number of imidazole rings is 1. The highest BCUT2D eigenvalue weighted by Crippen LogP contribution is 2.34. The molecule has 0 saturated carbocycles. The van der Waals surface area contributed by atoms with E-state index in [0.717, 1.165) is 17.6 Å². The largest absolute Gasteiger partial charge is 0.369 e. The van der Waals surface area contributed by atoms with E-state index in [2.05, 4.69) is 27.9 Å². The summed E-state index contributed by atoms with van der Waals surface area (Å²) in [6.45, 7) is 4.67. The molecule has 1 aliphatic heterocycles. The number of fused-ring (bicyclic) bond motifs is 1. The Morgan fingerprint density at radius 1 is 1.13 bits per heavy atom. The molecule has 38 heavy (non-hydrogen) atoms. The summed E-state index contributed by atoms with van der Waals surface area (Å²) in [5.41, 5.74) is 8.95. The molecular weight excluding hydrogens is 482 g/mol. The molecule has 1 fully saturated rings. The summed E-state index contributed by atoms with van der Waals surface area (Å²) >= 11 is 0. The van der Waals surface area contributed by atoms with Crippen LogP contribution in [-0.4, -0.2) is 49.2 Å². The van der Waals surface area contributed by atoms with Crippen LogP contribution < -0.4 is 11.1 Å². The van der Waals surface area contributed by atoms with Crippen molar-refractivity contribution in [3.63, 3.8) is 0 Å². The quantitative estimate of drug-likeness (QED) is 0.392. The van der Waals surface area contributed by atoms with Crippen LogP contribution in [0.1, 0.15) is 39.5 Å². The summed E-state index contributed by atoms with van der Waals surface area (Å²) in [6, 6.07) is 13.6. The summed E-state index contributed by atoms with van der Waals surface area (Å²) < 4.78 is 1.71. The van der Waals surface area contributed by atoms with Crippen LogP contribution in [0, 0.1) is 22.7 Å². The van der Waals surface area contributed by atoms with Gasteiger partial charge in [-0.05, 0) is 42.8 Å². The molecule has 1 saturated heterocycles. The molecule has 0 spiro atoms. The van der Waals surface area contributed by atoms with E-state index in [1.54, 1.807) is 27.6 Å². The second kappa shape index (κ2) is 9.84. The Kier molecular flexibility index (Phi) is 6.25. The molecule has 186 valence electrons. The molecule has 0 aliphatic carbocycles. The highest BCUT2D eigenvalue weighted by molar-refractivity contribution is 6.05. The number of pyridine rings is 1. The Bertz CT molecular complexity index is 1690. The lowest BCUT2D eigenvalue weighted by Crippen LogP contribution is -2.26. The number of hydrogen-bond acceptors (Lipinski definition) is 8. The Hall–Kier alpha value is -5.55. The van der Waals surface area contributed by atoms with Crippen LogP contribution in [0.5, 0.6) is 0 Å². The first kappa shape index (κ1) is 24.2. The normalized spacial score (nSPS) is 14.6. The average Bonchev–Trinajstić information content (AvgIpc) is 3.58. The van der Waals surface area contributed by atoms with E-state index >= 15 is 0 Å². The van der Waals surface area contributed by atoms with Gasteiger partial charge in [0.2, 0.25) is 11.9 Å². The van der Waals surface area contributed by atoms with Gasteiger partial charge in [0.15, 0.2) is 0 Å². The molecule has 5 rings (SSSR count). The van der Waals surface area contributed by atoms with Gasteiger partial charge >= 0.3 is 0 Å². The zero-order valence-corrected chi connectivity index (χ0v) is 20.1. The van der Waals surface area contributed by atoms with Crippen molar-refractivity contribution in [1.82, 2.24) is 24.3 Å². The summed E-state index contributed by atoms with van der Waals surface area (Å²) in [6.07, 6.45) is 5.05. The predicted molar refractivity (Wildman–Crippen MR) is 139 cm³/mol. The lowest BCUT2D eigenvalue weighted by molar-refractivity contribution is -0.125. The number of aromatic nitrogens is 4. The maximum atomic E-state index is 12.9. The molecule has 0 radical (unpaired) electrons. The molecule has 0 bridgehead atoms. The van der Waals surface area contributed by atoms with Gasteiger partial charge in [-0.2, -0.15) is 10.5 Å². The fourth-order valence-corrected chi connectivity index (χ4v) is 4.62. The second-order valence-electron chi connectivity index (χ2n) is 8.69. The average molecular weight is 504 g/mol. The van der Waals surface area contributed by atoms with Crippen molar-refractivity contribution in [2.75, 3.05) is 24.1 Å². The number of carbonyl (C=O) groups excluding carboxylic acids is 2. The smallest absolute Gasteiger partial charge is 0.258 e. The van der Waals surface area contributed by atoms with E-state index in [-0.39, 0.29) is 34.7 Å². The zero-order chi connectivity index (χ0) is 26.8. The zero-order valence-electron chi connectivity index (χ0n) is 20.1. The molecule has 3 aromatic heterocycles. The van der Waals surface area contributed by atoms with Gasteiger partial charge in [0.1, 0.15) is 11.6 Å². The third kappa shape index (κ3) is 4.29. The first-order valence-corrected chi connectivity index (χ1v) is 11.7. The number of nitrogens with two attached hydrogens (primary N) is 1. The van der Waals surface area contributed by atoms with Gasteiger partial charge in [-0.1, -0.05) is 12.6 Å². The van der Waals surface area contributed by atoms with Gasteiger partial charge in [0.05, 0.1) is 40.0 Å². The van der Waals surface area contributed by atoms with Crippen molar-refractivity contribution in [2.45, 2.75) is 12.3 Å². The first-order valence-electron chi connectivity index (χ1n) is 11.7. The van der Waals surface area contributed by atoms with Crippen molar-refractivity contribution in [3.05, 3.63) is 83.8 Å². The van der Waals surface area contributed by atoms with Gasteiger partial charge in [0, 0.05) is 37.0 Å². The van der Waals surface area contributed by atoms with Crippen LogP contribution >= 0.6 is 0 Å². The Morgan fingerprint density at radius 3 is 2.71 bits per heavy atom. The topological polar surface area (TPSA) is 166 Å². The van der Waals surface area contributed by atoms with Crippen molar-refractivity contribution in [3.8, 4) is 23.5 Å². The van der Waals surface area contributed by atoms with E-state index in [1.807, 2.05) is 12.1 Å². The molecule has 1 aromatic carbocycles. The molecule has 1 aliphatic rings. The van der Waals surface area contributed by atoms with Crippen LogP contribution in [0.3, 0.4) is 0 Å². The van der Waals surface area contributed by atoms with Crippen molar-refractivity contribution < 1.29 is 9.59 Å². The third-order valence-electron chi connectivity index (χ3n) is 6.44. The number of rotatable bonds is 5. The summed E-state index contributed by atoms with van der Waals surface area (Å²) in [5.74, 6) is 0.216. The number of carbonyl (C=O) groups is 2. The second-order valence-corrected chi connectivity index (χ2v) is 8.69. The molecule has 1 atom stereocenters. The number of nitrogens with zero attached hydrogens (tertiary/aromatic N) is 7. The molecule has 4 heterocycles. The van der Waals surface area contributed by atoms with Gasteiger partial charge < -0.3 is 16.0 Å². The Morgan fingerprint density at radius 2 is 1.95 bits per heavy atom. The maximum Gasteiger partial charge on any atom is 0.258 e. The summed E-state index contributed by atoms with van der Waals surface area (Å²) in [4.78, 5) is 39.9. The minimum atomic E-state index is -0.538. The Balaban J connectivity index is 1.52. The van der Waals surface area contributed by atoms with Gasteiger partial charge in [-0.3, -0.25) is 14.0 Å². The van der Waals surface area contributed by atoms with E-state index in [0.29, 0.717) is 30.0 Å². The number of amides is 2. The highest BCUT2D eigenvalue weighted by Gasteiger charge is 2.30. The molecule has 3 N–H and O–H groups in total. The number of nitrogen functional groups attached to an aromatic ring is 1. The number of hydrogen-bond donors (Lipinski definition) is 2. The fraction of sp³-hybridized carbons (Fsp3) is 0.148. The Labute approximate surface area is 217 Å². The number of nitrogens with one attached hydrogen (secondary N) is 1. The predicted octanol–water partition coefficient (Wildman–Crippen LogP) is 2.87. The number of likely N-dealkylation sites (tertiary alicyclic amines) is 1. The van der Waals surface area contributed by atoms with Crippen LogP contribution in [0.2, 0.25) is 0 Å². The molecular formula is C27H21N9O2. The third-order valence-corrected chi connectivity index (χ3v) is 6.44. The first-order chi connectivity index (χ1) is 18.4. The van der Waals surface area contributed by atoms with E-state index in [1.165, 1.54) is 30.5 Å². The minimum absolute atomic E-state index is 0.0124. The number of nitriles is 2. The van der Waals surface area contributed by atoms with Gasteiger partial charge in [-0.25, -0.2) is 15.0 Å². The van der Waals surface area contributed by atoms with Crippen molar-refractivity contribution >= 4 is 29.1 Å². The fourth-order valence-electron chi connectivity index (χ4n) is 4.62. The molecule has 1 unspecified atom stereocenters.